The van der Waals surface area contributed by atoms with Crippen LogP contribution in [-0.4, -0.2) is 43.8 Å². The van der Waals surface area contributed by atoms with Gasteiger partial charge in [-0.3, -0.25) is 14.2 Å². The minimum atomic E-state index is -0.528. The van der Waals surface area contributed by atoms with Crippen molar-refractivity contribution >= 4 is 17.1 Å². The molecule has 1 atom stereocenters. The fraction of sp³-hybridized carbons (Fsp3) is 0.500. The largest absolute Gasteiger partial charge is 0.376 e. The van der Waals surface area contributed by atoms with Crippen LogP contribution in [0.15, 0.2) is 46.2 Å². The van der Waals surface area contributed by atoms with Crippen LogP contribution in [0.2, 0.25) is 0 Å². The van der Waals surface area contributed by atoms with Crippen LogP contribution in [0, 0.1) is 0 Å². The first-order valence-electron chi connectivity index (χ1n) is 11.7. The van der Waals surface area contributed by atoms with Gasteiger partial charge in [-0.2, -0.15) is 0 Å². The van der Waals surface area contributed by atoms with Crippen LogP contribution in [0.25, 0.3) is 11.2 Å². The van der Waals surface area contributed by atoms with Crippen molar-refractivity contribution in [3.05, 3.63) is 63.1 Å². The summed E-state index contributed by atoms with van der Waals surface area (Å²) in [5.41, 5.74) is 0.696. The molecule has 5 rings (SSSR count). The van der Waals surface area contributed by atoms with Crippen molar-refractivity contribution in [1.82, 2.24) is 24.0 Å². The number of nitrogens with one attached hydrogen (secondary N) is 1. The van der Waals surface area contributed by atoms with Crippen molar-refractivity contribution in [3.63, 3.8) is 0 Å². The zero-order valence-corrected chi connectivity index (χ0v) is 18.6. The topological polar surface area (TPSA) is 100 Å². The number of benzene rings is 1. The summed E-state index contributed by atoms with van der Waals surface area (Å²) in [6.07, 6.45) is 7.70. The SMILES string of the molecule is O=C(Cn1c(=O)c2c(ncn2C2CCCC2)n(Cc2ccccc2)c1=O)NCC1CCCO1. The first-order chi connectivity index (χ1) is 16.1. The molecule has 1 aliphatic carbocycles. The monoisotopic (exact) mass is 451 g/mol. The van der Waals surface area contributed by atoms with Crippen LogP contribution in [-0.2, 0) is 22.6 Å². The second kappa shape index (κ2) is 9.35. The summed E-state index contributed by atoms with van der Waals surface area (Å²) in [6, 6.07) is 9.77. The number of carbonyl (C=O) groups excluding carboxylic acids is 1. The number of ether oxygens (including phenoxy) is 1. The zero-order chi connectivity index (χ0) is 22.8. The van der Waals surface area contributed by atoms with Gasteiger partial charge in [0, 0.05) is 19.2 Å². The van der Waals surface area contributed by atoms with E-state index in [2.05, 4.69) is 10.3 Å². The Morgan fingerprint density at radius 1 is 1.06 bits per heavy atom. The van der Waals surface area contributed by atoms with Gasteiger partial charge in [-0.15, -0.1) is 0 Å². The van der Waals surface area contributed by atoms with E-state index in [1.165, 1.54) is 4.57 Å². The van der Waals surface area contributed by atoms with E-state index >= 15 is 0 Å². The molecule has 2 fully saturated rings. The molecular weight excluding hydrogens is 422 g/mol. The molecule has 2 aromatic heterocycles. The number of aromatic nitrogens is 4. The molecule has 1 amide bonds. The van der Waals surface area contributed by atoms with Gasteiger partial charge in [0.1, 0.15) is 6.54 Å². The molecule has 1 aromatic carbocycles. The smallest absolute Gasteiger partial charge is 0.333 e. The van der Waals surface area contributed by atoms with Gasteiger partial charge in [0.25, 0.3) is 5.56 Å². The average molecular weight is 452 g/mol. The molecule has 0 radical (unpaired) electrons. The molecule has 1 unspecified atom stereocenters. The second-order valence-corrected chi connectivity index (χ2v) is 8.95. The number of amides is 1. The lowest BCUT2D eigenvalue weighted by Crippen LogP contribution is -2.45. The molecule has 0 spiro atoms. The van der Waals surface area contributed by atoms with Gasteiger partial charge in [-0.05, 0) is 31.2 Å². The Morgan fingerprint density at radius 2 is 1.85 bits per heavy atom. The van der Waals surface area contributed by atoms with E-state index < -0.39 is 11.2 Å². The first-order valence-corrected chi connectivity index (χ1v) is 11.7. The summed E-state index contributed by atoms with van der Waals surface area (Å²) in [7, 11) is 0. The standard InChI is InChI=1S/C24H29N5O4/c30-20(25-13-19-11-6-12-33-19)15-28-23(31)21-22(26-16-29(21)18-9-4-5-10-18)27(24(28)32)14-17-7-2-1-3-8-17/h1-3,7-8,16,18-19H,4-6,9-15H2,(H,25,30). The summed E-state index contributed by atoms with van der Waals surface area (Å²) >= 11 is 0. The van der Waals surface area contributed by atoms with Gasteiger partial charge < -0.3 is 14.6 Å². The molecule has 9 heteroatoms. The molecule has 174 valence electrons. The predicted octanol–water partition coefficient (Wildman–Crippen LogP) is 1.82. The lowest BCUT2D eigenvalue weighted by atomic mass is 10.2. The van der Waals surface area contributed by atoms with E-state index in [0.29, 0.717) is 24.3 Å². The summed E-state index contributed by atoms with van der Waals surface area (Å²) in [5.74, 6) is -0.373. The molecule has 1 N–H and O–H groups in total. The van der Waals surface area contributed by atoms with E-state index in [1.807, 2.05) is 34.9 Å². The molecule has 1 saturated heterocycles. The van der Waals surface area contributed by atoms with Gasteiger partial charge in [-0.1, -0.05) is 43.2 Å². The highest BCUT2D eigenvalue weighted by atomic mass is 16.5. The van der Waals surface area contributed by atoms with Crippen LogP contribution >= 0.6 is 0 Å². The second-order valence-electron chi connectivity index (χ2n) is 8.95. The Balaban J connectivity index is 1.53. The van der Waals surface area contributed by atoms with Crippen LogP contribution in [0.4, 0.5) is 0 Å². The van der Waals surface area contributed by atoms with Gasteiger partial charge >= 0.3 is 5.69 Å². The highest BCUT2D eigenvalue weighted by molar-refractivity contribution is 5.76. The first kappa shape index (κ1) is 21.6. The van der Waals surface area contributed by atoms with Crippen molar-refractivity contribution < 1.29 is 9.53 Å². The quantitative estimate of drug-likeness (QED) is 0.591. The predicted molar refractivity (Wildman–Crippen MR) is 123 cm³/mol. The molecule has 3 heterocycles. The van der Waals surface area contributed by atoms with Crippen LogP contribution in [0.3, 0.4) is 0 Å². The minimum absolute atomic E-state index is 0.00770. The van der Waals surface area contributed by atoms with Crippen LogP contribution < -0.4 is 16.6 Å². The number of hydrogen-bond donors (Lipinski definition) is 1. The highest BCUT2D eigenvalue weighted by Gasteiger charge is 2.25. The average Bonchev–Trinajstić information content (AvgIpc) is 3.60. The maximum atomic E-state index is 13.5. The van der Waals surface area contributed by atoms with Crippen LogP contribution in [0.1, 0.15) is 50.1 Å². The Kier molecular flexibility index (Phi) is 6.13. The Morgan fingerprint density at radius 3 is 2.58 bits per heavy atom. The third kappa shape index (κ3) is 4.37. The molecule has 9 nitrogen and oxygen atoms in total. The Hall–Kier alpha value is -3.20. The minimum Gasteiger partial charge on any atom is -0.376 e. The molecule has 3 aromatic rings. The summed E-state index contributed by atoms with van der Waals surface area (Å²) in [5, 5.41) is 2.81. The van der Waals surface area contributed by atoms with Gasteiger partial charge in [-0.25, -0.2) is 14.3 Å². The lowest BCUT2D eigenvalue weighted by Gasteiger charge is -2.16. The summed E-state index contributed by atoms with van der Waals surface area (Å²) in [6.45, 7) is 1.03. The number of hydrogen-bond acceptors (Lipinski definition) is 5. The van der Waals surface area contributed by atoms with Crippen molar-refractivity contribution in [2.24, 2.45) is 0 Å². The number of imidazole rings is 1. The van der Waals surface area contributed by atoms with Gasteiger partial charge in [0.15, 0.2) is 11.2 Å². The third-order valence-electron chi connectivity index (χ3n) is 6.69. The number of nitrogens with zero attached hydrogens (tertiary/aromatic N) is 4. The molecule has 0 bridgehead atoms. The molecular formula is C24H29N5O4. The summed E-state index contributed by atoms with van der Waals surface area (Å²) < 4.78 is 10.0. The van der Waals surface area contributed by atoms with Crippen LogP contribution in [0.5, 0.6) is 0 Å². The molecule has 33 heavy (non-hydrogen) atoms. The summed E-state index contributed by atoms with van der Waals surface area (Å²) in [4.78, 5) is 44.0. The van der Waals surface area contributed by atoms with Crippen molar-refractivity contribution in [3.8, 4) is 0 Å². The molecule has 1 aliphatic heterocycles. The molecule has 2 aliphatic rings. The normalized spacial score (nSPS) is 18.8. The maximum Gasteiger partial charge on any atom is 0.333 e. The Bertz CT molecular complexity index is 1250. The van der Waals surface area contributed by atoms with E-state index in [9.17, 15) is 14.4 Å². The number of rotatable bonds is 7. The number of carbonyl (C=O) groups is 1. The fourth-order valence-electron chi connectivity index (χ4n) is 4.95. The van der Waals surface area contributed by atoms with E-state index in [4.69, 9.17) is 4.74 Å². The maximum absolute atomic E-state index is 13.5. The van der Waals surface area contributed by atoms with E-state index in [-0.39, 0.29) is 31.1 Å². The highest BCUT2D eigenvalue weighted by Crippen LogP contribution is 2.31. The van der Waals surface area contributed by atoms with Crippen molar-refractivity contribution in [2.45, 2.75) is 63.8 Å². The van der Waals surface area contributed by atoms with Gasteiger partial charge in [0.05, 0.1) is 19.0 Å². The van der Waals surface area contributed by atoms with Crippen molar-refractivity contribution in [1.29, 1.82) is 0 Å². The number of fused-ring (bicyclic) bond motifs is 1. The molecule has 1 saturated carbocycles. The third-order valence-corrected chi connectivity index (χ3v) is 6.69. The van der Waals surface area contributed by atoms with E-state index in [1.54, 1.807) is 6.33 Å². The van der Waals surface area contributed by atoms with Crippen molar-refractivity contribution in [2.75, 3.05) is 13.2 Å². The van der Waals surface area contributed by atoms with E-state index in [0.717, 1.165) is 48.7 Å². The Labute approximate surface area is 191 Å². The lowest BCUT2D eigenvalue weighted by molar-refractivity contribution is -0.122. The van der Waals surface area contributed by atoms with Gasteiger partial charge in [0.2, 0.25) is 5.91 Å². The zero-order valence-electron chi connectivity index (χ0n) is 18.6. The fourth-order valence-corrected chi connectivity index (χ4v) is 4.95.